The first-order valence-corrected chi connectivity index (χ1v) is 5.71. The van der Waals surface area contributed by atoms with Crippen molar-refractivity contribution in [2.24, 2.45) is 0 Å². The van der Waals surface area contributed by atoms with E-state index in [2.05, 4.69) is 31.9 Å². The zero-order valence-corrected chi connectivity index (χ0v) is 10.6. The molecule has 0 aliphatic rings. The molecule has 0 amide bonds. The van der Waals surface area contributed by atoms with Crippen molar-refractivity contribution in [1.29, 1.82) is 0 Å². The van der Waals surface area contributed by atoms with Gasteiger partial charge in [-0.3, -0.25) is 0 Å². The first-order chi connectivity index (χ1) is 6.72. The molecule has 0 radical (unpaired) electrons. The van der Waals surface area contributed by atoms with Gasteiger partial charge >= 0.3 is 5.51 Å². The monoisotopic (exact) mass is 370 g/mol. The van der Waals surface area contributed by atoms with Gasteiger partial charge in [0.1, 0.15) is 5.82 Å². The molecule has 0 saturated heterocycles. The Balaban J connectivity index is 3.21. The Morgan fingerprint density at radius 1 is 1.07 bits per heavy atom. The van der Waals surface area contributed by atoms with Crippen LogP contribution in [0.5, 0.6) is 0 Å². The van der Waals surface area contributed by atoms with Gasteiger partial charge in [-0.05, 0) is 49.7 Å². The van der Waals surface area contributed by atoms with Gasteiger partial charge in [0.15, 0.2) is 5.82 Å². The van der Waals surface area contributed by atoms with Crippen molar-refractivity contribution >= 4 is 43.6 Å². The fourth-order valence-electron chi connectivity index (χ4n) is 0.750. The minimum atomic E-state index is -4.65. The highest BCUT2D eigenvalue weighted by Gasteiger charge is 2.32. The van der Waals surface area contributed by atoms with Crippen molar-refractivity contribution in [2.45, 2.75) is 10.4 Å². The Bertz CT molecular complexity index is 390. The van der Waals surface area contributed by atoms with Crippen LogP contribution in [0.15, 0.2) is 19.9 Å². The first-order valence-electron chi connectivity index (χ1n) is 3.31. The van der Waals surface area contributed by atoms with Gasteiger partial charge in [0.05, 0.1) is 13.8 Å². The molecule has 15 heavy (non-hydrogen) atoms. The maximum Gasteiger partial charge on any atom is 0.446 e. The molecule has 0 aliphatic heterocycles. The van der Waals surface area contributed by atoms with Crippen molar-refractivity contribution in [3.8, 4) is 0 Å². The minimum Gasteiger partial charge on any atom is -0.206 e. The molecular formula is C7HBr2F5S. The van der Waals surface area contributed by atoms with Crippen LogP contribution < -0.4 is 0 Å². The molecule has 0 unspecified atom stereocenters. The topological polar surface area (TPSA) is 0 Å². The Morgan fingerprint density at radius 3 is 2.07 bits per heavy atom. The summed E-state index contributed by atoms with van der Waals surface area (Å²) < 4.78 is 61.4. The summed E-state index contributed by atoms with van der Waals surface area (Å²) in [6.07, 6.45) is 0. The quantitative estimate of drug-likeness (QED) is 0.286. The van der Waals surface area contributed by atoms with Gasteiger partial charge < -0.3 is 0 Å². The molecule has 0 fully saturated rings. The van der Waals surface area contributed by atoms with Gasteiger partial charge in [-0.25, -0.2) is 8.78 Å². The van der Waals surface area contributed by atoms with Gasteiger partial charge in [0.2, 0.25) is 0 Å². The van der Waals surface area contributed by atoms with Crippen LogP contribution in [-0.4, -0.2) is 5.51 Å². The number of benzene rings is 1. The van der Waals surface area contributed by atoms with E-state index in [1.807, 2.05) is 0 Å². The average Bonchev–Trinajstić information content (AvgIpc) is 2.08. The van der Waals surface area contributed by atoms with Gasteiger partial charge in [0.25, 0.3) is 0 Å². The second kappa shape index (κ2) is 4.58. The predicted molar refractivity (Wildman–Crippen MR) is 53.7 cm³/mol. The van der Waals surface area contributed by atoms with E-state index in [1.54, 1.807) is 0 Å². The van der Waals surface area contributed by atoms with Crippen LogP contribution in [0, 0.1) is 11.6 Å². The largest absolute Gasteiger partial charge is 0.446 e. The predicted octanol–water partition coefficient (Wildman–Crippen LogP) is 5.10. The third-order valence-electron chi connectivity index (χ3n) is 1.29. The van der Waals surface area contributed by atoms with Crippen LogP contribution in [0.4, 0.5) is 22.0 Å². The summed E-state index contributed by atoms with van der Waals surface area (Å²) in [5.74, 6) is -2.11. The van der Waals surface area contributed by atoms with E-state index < -0.39 is 33.8 Å². The summed E-state index contributed by atoms with van der Waals surface area (Å²) in [7, 11) is 0. The highest BCUT2D eigenvalue weighted by Crippen LogP contribution is 2.42. The van der Waals surface area contributed by atoms with Crippen LogP contribution in [0.1, 0.15) is 0 Å². The Labute approximate surface area is 102 Å². The number of hydrogen-bond donors (Lipinski definition) is 0. The summed E-state index contributed by atoms with van der Waals surface area (Å²) in [4.78, 5) is -0.810. The molecule has 0 atom stereocenters. The number of halogens is 7. The molecule has 0 aromatic heterocycles. The number of thioether (sulfide) groups is 1. The van der Waals surface area contributed by atoms with Crippen molar-refractivity contribution in [3.63, 3.8) is 0 Å². The number of alkyl halides is 3. The van der Waals surface area contributed by atoms with Crippen LogP contribution in [-0.2, 0) is 0 Å². The zero-order chi connectivity index (χ0) is 11.8. The van der Waals surface area contributed by atoms with E-state index in [9.17, 15) is 22.0 Å². The molecule has 1 rings (SSSR count). The summed E-state index contributed by atoms with van der Waals surface area (Å²) in [6, 6.07) is 0.488. The SMILES string of the molecule is Fc1cc(SC(F)(F)F)c(F)c(Br)c1Br. The second-order valence-corrected chi connectivity index (χ2v) is 5.04. The molecule has 8 heteroatoms. The van der Waals surface area contributed by atoms with Gasteiger partial charge in [-0.15, -0.1) is 0 Å². The van der Waals surface area contributed by atoms with Gasteiger partial charge in [-0.2, -0.15) is 13.2 Å². The third kappa shape index (κ3) is 3.32. The fraction of sp³-hybridized carbons (Fsp3) is 0.143. The normalized spacial score (nSPS) is 11.9. The summed E-state index contributed by atoms with van der Waals surface area (Å²) >= 11 is 4.64. The van der Waals surface area contributed by atoms with E-state index in [4.69, 9.17) is 0 Å². The molecule has 0 saturated carbocycles. The minimum absolute atomic E-state index is 0.244. The fourth-order valence-corrected chi connectivity index (χ4v) is 2.18. The van der Waals surface area contributed by atoms with E-state index in [0.717, 1.165) is 0 Å². The van der Waals surface area contributed by atoms with Crippen molar-refractivity contribution in [2.75, 3.05) is 0 Å². The molecule has 0 heterocycles. The summed E-state index contributed by atoms with van der Waals surface area (Å²) in [6.45, 7) is 0. The lowest BCUT2D eigenvalue weighted by atomic mass is 10.3. The Hall–Kier alpha value is 0.180. The van der Waals surface area contributed by atoms with Crippen LogP contribution in [0.25, 0.3) is 0 Å². The van der Waals surface area contributed by atoms with Gasteiger partial charge in [0, 0.05) is 0 Å². The highest BCUT2D eigenvalue weighted by molar-refractivity contribution is 9.13. The average molecular weight is 372 g/mol. The molecule has 1 aromatic rings. The summed E-state index contributed by atoms with van der Waals surface area (Å²) in [5, 5.41) is 0. The Morgan fingerprint density at radius 2 is 1.60 bits per heavy atom. The van der Waals surface area contributed by atoms with E-state index in [-0.39, 0.29) is 8.95 Å². The van der Waals surface area contributed by atoms with Crippen molar-refractivity contribution in [3.05, 3.63) is 26.6 Å². The maximum atomic E-state index is 13.2. The van der Waals surface area contributed by atoms with E-state index >= 15 is 0 Å². The van der Waals surface area contributed by atoms with Crippen molar-refractivity contribution in [1.82, 2.24) is 0 Å². The molecule has 84 valence electrons. The lowest BCUT2D eigenvalue weighted by molar-refractivity contribution is -0.0329. The maximum absolute atomic E-state index is 13.2. The second-order valence-electron chi connectivity index (χ2n) is 2.35. The van der Waals surface area contributed by atoms with Crippen molar-refractivity contribution < 1.29 is 22.0 Å². The van der Waals surface area contributed by atoms with Crippen LogP contribution in [0.3, 0.4) is 0 Å². The summed E-state index contributed by atoms with van der Waals surface area (Å²) in [5.41, 5.74) is -4.65. The molecule has 0 nitrogen and oxygen atoms in total. The van der Waals surface area contributed by atoms with Crippen LogP contribution in [0.2, 0.25) is 0 Å². The molecule has 0 aliphatic carbocycles. The lowest BCUT2D eigenvalue weighted by Crippen LogP contribution is -2.01. The highest BCUT2D eigenvalue weighted by atomic mass is 79.9. The van der Waals surface area contributed by atoms with E-state index in [0.29, 0.717) is 6.07 Å². The standard InChI is InChI=1S/C7HBr2F5S/c8-4-2(10)1-3(6(11)5(4)9)15-7(12,13)14/h1H. The third-order valence-corrected chi connectivity index (χ3v) is 4.10. The molecule has 0 spiro atoms. The first kappa shape index (κ1) is 13.2. The molecule has 0 N–H and O–H groups in total. The van der Waals surface area contributed by atoms with Crippen LogP contribution >= 0.6 is 43.6 Å². The number of rotatable bonds is 1. The number of hydrogen-bond acceptors (Lipinski definition) is 1. The smallest absolute Gasteiger partial charge is 0.206 e. The zero-order valence-electron chi connectivity index (χ0n) is 6.63. The molecular weight excluding hydrogens is 371 g/mol. The van der Waals surface area contributed by atoms with E-state index in [1.165, 1.54) is 0 Å². The van der Waals surface area contributed by atoms with Gasteiger partial charge in [-0.1, -0.05) is 0 Å². The lowest BCUT2D eigenvalue weighted by Gasteiger charge is -2.09. The Kier molecular flexibility index (Phi) is 4.05. The molecule has 0 bridgehead atoms. The molecule has 1 aromatic carbocycles.